The Morgan fingerprint density at radius 2 is 1.52 bits per heavy atom. The molecule has 0 aliphatic rings. The second-order valence-corrected chi connectivity index (χ2v) is 5.24. The van der Waals surface area contributed by atoms with E-state index in [4.69, 9.17) is 0 Å². The number of anilines is 3. The van der Waals surface area contributed by atoms with Crippen LogP contribution in [0, 0.1) is 0 Å². The van der Waals surface area contributed by atoms with E-state index in [2.05, 4.69) is 71.6 Å². The lowest BCUT2D eigenvalue weighted by atomic mass is 10.3. The highest BCUT2D eigenvalue weighted by molar-refractivity contribution is 5.45. The topological polar surface area (TPSA) is 57.2 Å². The van der Waals surface area contributed by atoms with Gasteiger partial charge in [0, 0.05) is 32.2 Å². The van der Waals surface area contributed by atoms with Crippen molar-refractivity contribution in [1.29, 1.82) is 0 Å². The molecule has 0 saturated heterocycles. The predicted octanol–water partition coefficient (Wildman–Crippen LogP) is 2.77. The molecule has 0 radical (unpaired) electrons. The molecule has 0 aliphatic heterocycles. The molecule has 0 bridgehead atoms. The molecule has 0 fully saturated rings. The first-order valence-electron chi connectivity index (χ1n) is 8.08. The Kier molecular flexibility index (Phi) is 7.19. The van der Waals surface area contributed by atoms with E-state index in [1.165, 1.54) is 0 Å². The van der Waals surface area contributed by atoms with Gasteiger partial charge >= 0.3 is 0 Å². The molecule has 6 heteroatoms. The van der Waals surface area contributed by atoms with Gasteiger partial charge in [-0.05, 0) is 41.0 Å². The fraction of sp³-hybridized carbons (Fsp3) is 0.800. The van der Waals surface area contributed by atoms with Gasteiger partial charge in [-0.3, -0.25) is 0 Å². The average molecular weight is 294 g/mol. The van der Waals surface area contributed by atoms with Crippen molar-refractivity contribution in [2.45, 2.75) is 54.0 Å². The molecule has 0 spiro atoms. The summed E-state index contributed by atoms with van der Waals surface area (Å²) in [6.07, 6.45) is 1.04. The van der Waals surface area contributed by atoms with Crippen LogP contribution in [0.2, 0.25) is 0 Å². The zero-order valence-electron chi connectivity index (χ0n) is 14.3. The SMILES string of the molecule is CCCNc1nc(N(CC)CC)nc(N(CC)C(C)C)n1. The van der Waals surface area contributed by atoms with Crippen molar-refractivity contribution in [1.82, 2.24) is 15.0 Å². The van der Waals surface area contributed by atoms with Crippen LogP contribution in [0.4, 0.5) is 17.8 Å². The summed E-state index contributed by atoms with van der Waals surface area (Å²) >= 11 is 0. The summed E-state index contributed by atoms with van der Waals surface area (Å²) in [7, 11) is 0. The molecule has 0 aromatic carbocycles. The summed E-state index contributed by atoms with van der Waals surface area (Å²) < 4.78 is 0. The van der Waals surface area contributed by atoms with Gasteiger partial charge in [0.2, 0.25) is 17.8 Å². The van der Waals surface area contributed by atoms with Crippen molar-refractivity contribution < 1.29 is 0 Å². The first-order valence-corrected chi connectivity index (χ1v) is 8.08. The van der Waals surface area contributed by atoms with Crippen LogP contribution in [-0.4, -0.2) is 47.2 Å². The number of nitrogens with zero attached hydrogens (tertiary/aromatic N) is 5. The van der Waals surface area contributed by atoms with Crippen LogP contribution in [0.1, 0.15) is 48.0 Å². The largest absolute Gasteiger partial charge is 0.354 e. The fourth-order valence-electron chi connectivity index (χ4n) is 2.18. The zero-order valence-corrected chi connectivity index (χ0v) is 14.3. The quantitative estimate of drug-likeness (QED) is 0.756. The maximum atomic E-state index is 4.67. The second-order valence-electron chi connectivity index (χ2n) is 5.24. The third-order valence-electron chi connectivity index (χ3n) is 3.41. The summed E-state index contributed by atoms with van der Waals surface area (Å²) in [5.74, 6) is 2.17. The molecule has 6 nitrogen and oxygen atoms in total. The highest BCUT2D eigenvalue weighted by Gasteiger charge is 2.16. The zero-order chi connectivity index (χ0) is 15.8. The number of hydrogen-bond donors (Lipinski definition) is 1. The molecule has 21 heavy (non-hydrogen) atoms. The van der Waals surface area contributed by atoms with Crippen LogP contribution in [0.15, 0.2) is 0 Å². The molecule has 120 valence electrons. The Morgan fingerprint density at radius 1 is 0.905 bits per heavy atom. The van der Waals surface area contributed by atoms with Gasteiger partial charge in [0.15, 0.2) is 0 Å². The van der Waals surface area contributed by atoms with Gasteiger partial charge in [0.1, 0.15) is 0 Å². The minimum absolute atomic E-state index is 0.362. The normalized spacial score (nSPS) is 10.8. The van der Waals surface area contributed by atoms with Crippen LogP contribution in [0.25, 0.3) is 0 Å². The summed E-state index contributed by atoms with van der Waals surface area (Å²) in [6, 6.07) is 0.362. The average Bonchev–Trinajstić information content (AvgIpc) is 2.46. The monoisotopic (exact) mass is 294 g/mol. The molecule has 0 atom stereocenters. The van der Waals surface area contributed by atoms with E-state index in [1.807, 2.05) is 0 Å². The molecule has 0 unspecified atom stereocenters. The molecule has 0 aliphatic carbocycles. The van der Waals surface area contributed by atoms with Gasteiger partial charge < -0.3 is 15.1 Å². The van der Waals surface area contributed by atoms with Gasteiger partial charge in [-0.25, -0.2) is 0 Å². The number of aromatic nitrogens is 3. The lowest BCUT2D eigenvalue weighted by molar-refractivity contribution is 0.675. The summed E-state index contributed by atoms with van der Waals surface area (Å²) in [5, 5.41) is 3.28. The predicted molar refractivity (Wildman–Crippen MR) is 90.3 cm³/mol. The molecular formula is C15H30N6. The Balaban J connectivity index is 3.19. The van der Waals surface area contributed by atoms with E-state index in [0.29, 0.717) is 12.0 Å². The first-order chi connectivity index (χ1) is 10.1. The van der Waals surface area contributed by atoms with Crippen molar-refractivity contribution in [2.24, 2.45) is 0 Å². The Morgan fingerprint density at radius 3 is 2.00 bits per heavy atom. The van der Waals surface area contributed by atoms with Crippen LogP contribution in [0.5, 0.6) is 0 Å². The minimum atomic E-state index is 0.362. The third kappa shape index (κ3) is 4.72. The van der Waals surface area contributed by atoms with Gasteiger partial charge in [-0.2, -0.15) is 15.0 Å². The van der Waals surface area contributed by atoms with Crippen LogP contribution in [-0.2, 0) is 0 Å². The molecule has 1 aromatic heterocycles. The van der Waals surface area contributed by atoms with E-state index in [1.54, 1.807) is 0 Å². The highest BCUT2D eigenvalue weighted by Crippen LogP contribution is 2.18. The van der Waals surface area contributed by atoms with E-state index < -0.39 is 0 Å². The Labute approximate surface area is 129 Å². The molecule has 1 heterocycles. The second kappa shape index (κ2) is 8.64. The van der Waals surface area contributed by atoms with Crippen molar-refractivity contribution in [3.05, 3.63) is 0 Å². The summed E-state index contributed by atoms with van der Waals surface area (Å²) in [4.78, 5) is 18.1. The summed E-state index contributed by atoms with van der Waals surface area (Å²) in [6.45, 7) is 16.3. The summed E-state index contributed by atoms with van der Waals surface area (Å²) in [5.41, 5.74) is 0. The fourth-order valence-corrected chi connectivity index (χ4v) is 2.18. The molecule has 0 amide bonds. The molecule has 1 rings (SSSR count). The Hall–Kier alpha value is -1.59. The molecule has 1 aromatic rings. The van der Waals surface area contributed by atoms with Crippen molar-refractivity contribution in [2.75, 3.05) is 41.3 Å². The van der Waals surface area contributed by atoms with E-state index >= 15 is 0 Å². The number of hydrogen-bond acceptors (Lipinski definition) is 6. The minimum Gasteiger partial charge on any atom is -0.354 e. The maximum absolute atomic E-state index is 4.67. The van der Waals surface area contributed by atoms with Gasteiger partial charge in [-0.15, -0.1) is 0 Å². The molecule has 1 N–H and O–H groups in total. The molecule has 0 saturated carbocycles. The lowest BCUT2D eigenvalue weighted by Gasteiger charge is -2.27. The van der Waals surface area contributed by atoms with Crippen molar-refractivity contribution in [3.8, 4) is 0 Å². The van der Waals surface area contributed by atoms with Crippen LogP contribution < -0.4 is 15.1 Å². The lowest BCUT2D eigenvalue weighted by Crippen LogP contribution is -2.33. The van der Waals surface area contributed by atoms with Crippen LogP contribution >= 0.6 is 0 Å². The first kappa shape index (κ1) is 17.5. The van der Waals surface area contributed by atoms with E-state index in [-0.39, 0.29) is 0 Å². The highest BCUT2D eigenvalue weighted by atomic mass is 15.4. The number of rotatable bonds is 9. The van der Waals surface area contributed by atoms with Gasteiger partial charge in [0.25, 0.3) is 0 Å². The third-order valence-corrected chi connectivity index (χ3v) is 3.41. The van der Waals surface area contributed by atoms with Crippen molar-refractivity contribution in [3.63, 3.8) is 0 Å². The van der Waals surface area contributed by atoms with E-state index in [0.717, 1.165) is 44.5 Å². The van der Waals surface area contributed by atoms with Gasteiger partial charge in [0.05, 0.1) is 0 Å². The van der Waals surface area contributed by atoms with Crippen molar-refractivity contribution >= 4 is 17.8 Å². The Bertz CT molecular complexity index is 417. The van der Waals surface area contributed by atoms with E-state index in [9.17, 15) is 0 Å². The number of nitrogens with one attached hydrogen (secondary N) is 1. The van der Waals surface area contributed by atoms with Crippen LogP contribution in [0.3, 0.4) is 0 Å². The maximum Gasteiger partial charge on any atom is 0.232 e. The molecular weight excluding hydrogens is 264 g/mol. The van der Waals surface area contributed by atoms with Gasteiger partial charge in [-0.1, -0.05) is 6.92 Å². The standard InChI is InChI=1S/C15H30N6/c1-7-11-16-13-17-14(20(8-2)9-3)19-15(18-13)21(10-4)12(5)6/h12H,7-11H2,1-6H3,(H,16,17,18,19). The smallest absolute Gasteiger partial charge is 0.232 e.